The molecular weight excluding hydrogens is 452 g/mol. The van der Waals surface area contributed by atoms with Crippen molar-refractivity contribution in [3.63, 3.8) is 0 Å². The number of amides is 1. The number of nitrogens with zero attached hydrogens (tertiary/aromatic N) is 4. The molecule has 9 nitrogen and oxygen atoms in total. The molecule has 0 unspecified atom stereocenters. The van der Waals surface area contributed by atoms with Crippen LogP contribution in [0.2, 0.25) is 0 Å². The number of carbonyl (C=O) groups excluding carboxylic acids is 1. The number of carbonyl (C=O) groups is 1. The molecule has 2 aromatic carbocycles. The SMILES string of the molecule is O=C(N/N=C\c1c[nH]c2ccccc12)c1nn(Cc2ccc(Br)cc2)cc1[N+](=O)[O-]. The summed E-state index contributed by atoms with van der Waals surface area (Å²) >= 11 is 3.36. The summed E-state index contributed by atoms with van der Waals surface area (Å²) in [5.74, 6) is -0.757. The van der Waals surface area contributed by atoms with Crippen LogP contribution < -0.4 is 5.43 Å². The van der Waals surface area contributed by atoms with Gasteiger partial charge in [0.25, 0.3) is 5.91 Å². The van der Waals surface area contributed by atoms with Crippen LogP contribution >= 0.6 is 15.9 Å². The van der Waals surface area contributed by atoms with Crippen molar-refractivity contribution >= 4 is 44.6 Å². The minimum Gasteiger partial charge on any atom is -0.361 e. The highest BCUT2D eigenvalue weighted by Gasteiger charge is 2.25. The maximum Gasteiger partial charge on any atom is 0.320 e. The fraction of sp³-hybridized carbons (Fsp3) is 0.0500. The van der Waals surface area contributed by atoms with Crippen molar-refractivity contribution in [3.05, 3.63) is 92.3 Å². The van der Waals surface area contributed by atoms with Gasteiger partial charge in [-0.15, -0.1) is 0 Å². The Labute approximate surface area is 178 Å². The lowest BCUT2D eigenvalue weighted by Crippen LogP contribution is -2.19. The van der Waals surface area contributed by atoms with E-state index in [0.717, 1.165) is 26.5 Å². The van der Waals surface area contributed by atoms with Gasteiger partial charge in [-0.05, 0) is 23.8 Å². The molecule has 0 spiro atoms. The number of para-hydroxylation sites is 1. The summed E-state index contributed by atoms with van der Waals surface area (Å²) in [6.45, 7) is 0.292. The first-order valence-electron chi connectivity index (χ1n) is 8.87. The minimum absolute atomic E-state index is 0.292. The quantitative estimate of drug-likeness (QED) is 0.254. The van der Waals surface area contributed by atoms with Crippen LogP contribution in [-0.4, -0.2) is 31.8 Å². The smallest absolute Gasteiger partial charge is 0.320 e. The van der Waals surface area contributed by atoms with E-state index < -0.39 is 10.8 Å². The van der Waals surface area contributed by atoms with E-state index in [1.807, 2.05) is 48.5 Å². The number of nitrogens with one attached hydrogen (secondary N) is 2. The average molecular weight is 467 g/mol. The highest BCUT2D eigenvalue weighted by Crippen LogP contribution is 2.19. The molecule has 0 radical (unpaired) electrons. The molecule has 1 amide bonds. The van der Waals surface area contributed by atoms with E-state index in [4.69, 9.17) is 0 Å². The van der Waals surface area contributed by atoms with Gasteiger partial charge in [0, 0.05) is 27.1 Å². The molecule has 10 heteroatoms. The fourth-order valence-electron chi connectivity index (χ4n) is 2.98. The molecule has 30 heavy (non-hydrogen) atoms. The van der Waals surface area contributed by atoms with Gasteiger partial charge < -0.3 is 4.98 Å². The summed E-state index contributed by atoms with van der Waals surface area (Å²) in [5, 5.41) is 20.3. The lowest BCUT2D eigenvalue weighted by molar-refractivity contribution is -0.385. The van der Waals surface area contributed by atoms with E-state index in [9.17, 15) is 14.9 Å². The number of fused-ring (bicyclic) bond motifs is 1. The van der Waals surface area contributed by atoms with Gasteiger partial charge in [0.05, 0.1) is 17.7 Å². The van der Waals surface area contributed by atoms with Crippen LogP contribution in [0.15, 0.2) is 70.5 Å². The lowest BCUT2D eigenvalue weighted by Gasteiger charge is -2.01. The first-order chi connectivity index (χ1) is 14.5. The van der Waals surface area contributed by atoms with Gasteiger partial charge >= 0.3 is 5.69 Å². The van der Waals surface area contributed by atoms with Gasteiger partial charge in [-0.3, -0.25) is 19.6 Å². The first kappa shape index (κ1) is 19.5. The monoisotopic (exact) mass is 466 g/mol. The van der Waals surface area contributed by atoms with Crippen LogP contribution in [0.4, 0.5) is 5.69 Å². The number of nitro groups is 1. The molecular formula is C20H15BrN6O3. The Morgan fingerprint density at radius 2 is 2.03 bits per heavy atom. The zero-order valence-electron chi connectivity index (χ0n) is 15.4. The number of aromatic amines is 1. The molecule has 0 atom stereocenters. The van der Waals surface area contributed by atoms with Crippen molar-refractivity contribution in [2.75, 3.05) is 0 Å². The molecule has 0 saturated heterocycles. The summed E-state index contributed by atoms with van der Waals surface area (Å²) in [6.07, 6.45) is 4.47. The summed E-state index contributed by atoms with van der Waals surface area (Å²) in [4.78, 5) is 26.3. The molecule has 4 aromatic rings. The zero-order valence-corrected chi connectivity index (χ0v) is 17.0. The molecule has 0 fully saturated rings. The van der Waals surface area contributed by atoms with Crippen molar-refractivity contribution in [1.29, 1.82) is 0 Å². The van der Waals surface area contributed by atoms with Crippen molar-refractivity contribution in [3.8, 4) is 0 Å². The number of rotatable bonds is 6. The molecule has 0 aliphatic heterocycles. The van der Waals surface area contributed by atoms with Crippen LogP contribution in [0.1, 0.15) is 21.6 Å². The Kier molecular flexibility index (Phi) is 5.40. The van der Waals surface area contributed by atoms with E-state index in [1.54, 1.807) is 6.20 Å². The van der Waals surface area contributed by atoms with Gasteiger partial charge in [0.2, 0.25) is 5.69 Å². The van der Waals surface area contributed by atoms with Gasteiger partial charge in [-0.1, -0.05) is 46.3 Å². The van der Waals surface area contributed by atoms with Gasteiger partial charge in [0.15, 0.2) is 0 Å². The Hall–Kier alpha value is -3.79. The minimum atomic E-state index is -0.757. The standard InChI is InChI=1S/C20H15BrN6O3/c21-15-7-5-13(6-8-15)11-26-12-18(27(29)30)19(25-26)20(28)24-23-10-14-9-22-17-4-2-1-3-16(14)17/h1-10,12,22H,11H2,(H,24,28)/b23-10-. The summed E-state index contributed by atoms with van der Waals surface area (Å²) in [6, 6.07) is 15.1. The van der Waals surface area contributed by atoms with Crippen LogP contribution in [0.25, 0.3) is 10.9 Å². The second-order valence-electron chi connectivity index (χ2n) is 6.43. The zero-order chi connectivity index (χ0) is 21.1. The van der Waals surface area contributed by atoms with Crippen LogP contribution in [0.5, 0.6) is 0 Å². The van der Waals surface area contributed by atoms with E-state index in [0.29, 0.717) is 6.54 Å². The summed E-state index contributed by atoms with van der Waals surface area (Å²) in [5.41, 5.74) is 4.24. The highest BCUT2D eigenvalue weighted by molar-refractivity contribution is 9.10. The molecule has 150 valence electrons. The van der Waals surface area contributed by atoms with E-state index in [2.05, 4.69) is 36.5 Å². The molecule has 2 heterocycles. The Morgan fingerprint density at radius 3 is 2.80 bits per heavy atom. The number of H-pyrrole nitrogens is 1. The van der Waals surface area contributed by atoms with Crippen molar-refractivity contribution < 1.29 is 9.72 Å². The third-order valence-electron chi connectivity index (χ3n) is 4.40. The first-order valence-corrected chi connectivity index (χ1v) is 9.66. The third kappa shape index (κ3) is 4.13. The van der Waals surface area contributed by atoms with Crippen molar-refractivity contribution in [1.82, 2.24) is 20.2 Å². The van der Waals surface area contributed by atoms with Crippen LogP contribution in [0, 0.1) is 10.1 Å². The second kappa shape index (κ2) is 8.29. The summed E-state index contributed by atoms with van der Waals surface area (Å²) < 4.78 is 2.28. The van der Waals surface area contributed by atoms with Gasteiger partial charge in [-0.25, -0.2) is 5.43 Å². The van der Waals surface area contributed by atoms with Gasteiger partial charge in [0.1, 0.15) is 6.20 Å². The highest BCUT2D eigenvalue weighted by atomic mass is 79.9. The Bertz CT molecular complexity index is 1260. The Morgan fingerprint density at radius 1 is 1.27 bits per heavy atom. The number of hydrogen-bond acceptors (Lipinski definition) is 5. The topological polar surface area (TPSA) is 118 Å². The molecule has 0 aliphatic carbocycles. The second-order valence-corrected chi connectivity index (χ2v) is 7.35. The van der Waals surface area contributed by atoms with Crippen molar-refractivity contribution in [2.24, 2.45) is 5.10 Å². The molecule has 2 aromatic heterocycles. The van der Waals surface area contributed by atoms with Crippen LogP contribution in [-0.2, 0) is 6.54 Å². The predicted octanol–water partition coefficient (Wildman–Crippen LogP) is 3.85. The molecule has 2 N–H and O–H groups in total. The molecule has 0 saturated carbocycles. The predicted molar refractivity (Wildman–Crippen MR) is 115 cm³/mol. The summed E-state index contributed by atoms with van der Waals surface area (Å²) in [7, 11) is 0. The van der Waals surface area contributed by atoms with Gasteiger partial charge in [-0.2, -0.15) is 10.2 Å². The largest absolute Gasteiger partial charge is 0.361 e. The number of halogens is 1. The molecule has 0 aliphatic rings. The lowest BCUT2D eigenvalue weighted by atomic mass is 10.2. The third-order valence-corrected chi connectivity index (χ3v) is 4.93. The Balaban J connectivity index is 1.51. The normalized spacial score (nSPS) is 11.2. The van der Waals surface area contributed by atoms with Crippen LogP contribution in [0.3, 0.4) is 0 Å². The van der Waals surface area contributed by atoms with E-state index >= 15 is 0 Å². The number of hydrogen-bond donors (Lipinski definition) is 2. The number of benzene rings is 2. The molecule has 4 rings (SSSR count). The maximum absolute atomic E-state index is 12.5. The fourth-order valence-corrected chi connectivity index (χ4v) is 3.24. The van der Waals surface area contributed by atoms with E-state index in [-0.39, 0.29) is 11.4 Å². The number of aromatic nitrogens is 3. The number of hydrazone groups is 1. The maximum atomic E-state index is 12.5. The van der Waals surface area contributed by atoms with E-state index in [1.165, 1.54) is 17.1 Å². The van der Waals surface area contributed by atoms with Crippen molar-refractivity contribution in [2.45, 2.75) is 6.54 Å². The average Bonchev–Trinajstić information content (AvgIpc) is 3.34. The molecule has 0 bridgehead atoms.